The SMILES string of the molecule is C/N=C(/Nc1cc(NC)c(C(F)(F)F)cn1)c1cncnc1C. The van der Waals surface area contributed by atoms with Crippen molar-refractivity contribution in [2.75, 3.05) is 24.7 Å². The summed E-state index contributed by atoms with van der Waals surface area (Å²) in [6.07, 6.45) is -0.729. The maximum Gasteiger partial charge on any atom is 0.419 e. The van der Waals surface area contributed by atoms with Crippen LogP contribution in [0.3, 0.4) is 0 Å². The molecule has 0 aliphatic heterocycles. The number of aliphatic imine (C=N–C) groups is 1. The Morgan fingerprint density at radius 3 is 2.52 bits per heavy atom. The highest BCUT2D eigenvalue weighted by Crippen LogP contribution is 2.35. The minimum absolute atomic E-state index is 0.0773. The lowest BCUT2D eigenvalue weighted by molar-refractivity contribution is -0.137. The normalized spacial score (nSPS) is 12.2. The van der Waals surface area contributed by atoms with Crippen molar-refractivity contribution in [2.45, 2.75) is 13.1 Å². The molecule has 0 saturated heterocycles. The second kappa shape index (κ2) is 6.59. The molecule has 0 amide bonds. The Morgan fingerprint density at radius 1 is 1.22 bits per heavy atom. The van der Waals surface area contributed by atoms with E-state index in [1.54, 1.807) is 20.2 Å². The first-order valence-electron chi connectivity index (χ1n) is 6.62. The number of rotatable bonds is 3. The van der Waals surface area contributed by atoms with E-state index in [9.17, 15) is 13.2 Å². The van der Waals surface area contributed by atoms with Gasteiger partial charge < -0.3 is 10.6 Å². The number of pyridine rings is 1. The topological polar surface area (TPSA) is 75.1 Å². The van der Waals surface area contributed by atoms with E-state index in [1.807, 2.05) is 0 Å². The molecule has 0 aromatic carbocycles. The van der Waals surface area contributed by atoms with Crippen LogP contribution < -0.4 is 10.6 Å². The fourth-order valence-electron chi connectivity index (χ4n) is 1.94. The van der Waals surface area contributed by atoms with Gasteiger partial charge in [0.25, 0.3) is 0 Å². The van der Waals surface area contributed by atoms with Gasteiger partial charge in [-0.05, 0) is 6.92 Å². The minimum atomic E-state index is -4.48. The molecule has 2 rings (SSSR count). The first kappa shape index (κ1) is 16.7. The van der Waals surface area contributed by atoms with E-state index in [0.29, 0.717) is 17.1 Å². The predicted molar refractivity (Wildman–Crippen MR) is 81.6 cm³/mol. The highest BCUT2D eigenvalue weighted by Gasteiger charge is 2.34. The summed E-state index contributed by atoms with van der Waals surface area (Å²) in [7, 11) is 2.97. The van der Waals surface area contributed by atoms with Crippen molar-refractivity contribution in [3.8, 4) is 0 Å². The van der Waals surface area contributed by atoms with Crippen molar-refractivity contribution in [3.05, 3.63) is 41.6 Å². The molecule has 9 heteroatoms. The van der Waals surface area contributed by atoms with Gasteiger partial charge in [-0.25, -0.2) is 15.0 Å². The quantitative estimate of drug-likeness (QED) is 0.671. The Kier molecular flexibility index (Phi) is 4.77. The minimum Gasteiger partial charge on any atom is -0.387 e. The van der Waals surface area contributed by atoms with Crippen LogP contribution in [0, 0.1) is 6.92 Å². The number of halogens is 3. The molecule has 6 nitrogen and oxygen atoms in total. The summed E-state index contributed by atoms with van der Waals surface area (Å²) in [6.45, 7) is 1.78. The molecule has 2 aromatic heterocycles. The molecule has 0 radical (unpaired) electrons. The second-order valence-corrected chi connectivity index (χ2v) is 4.58. The molecule has 0 atom stereocenters. The van der Waals surface area contributed by atoms with E-state index in [1.165, 1.54) is 19.4 Å². The molecule has 122 valence electrons. The van der Waals surface area contributed by atoms with E-state index < -0.39 is 11.7 Å². The summed E-state index contributed by atoms with van der Waals surface area (Å²) >= 11 is 0. The van der Waals surface area contributed by atoms with Crippen molar-refractivity contribution in [1.29, 1.82) is 0 Å². The number of aromatic nitrogens is 3. The van der Waals surface area contributed by atoms with Crippen molar-refractivity contribution < 1.29 is 13.2 Å². The number of alkyl halides is 3. The van der Waals surface area contributed by atoms with Gasteiger partial charge in [0.05, 0.1) is 22.5 Å². The zero-order valence-corrected chi connectivity index (χ0v) is 12.7. The standard InChI is InChI=1S/C14H15F3N6/c1-8-9(5-20-7-22-8)13(19-3)23-12-4-11(18-2)10(6-21-12)14(15,16)17/h4-7H,1-3H3,(H2,18,19,21,23). The molecule has 0 bridgehead atoms. The first-order chi connectivity index (χ1) is 10.9. The number of anilines is 2. The van der Waals surface area contributed by atoms with Gasteiger partial charge in [-0.2, -0.15) is 13.2 Å². The van der Waals surface area contributed by atoms with E-state index in [2.05, 4.69) is 30.6 Å². The van der Waals surface area contributed by atoms with Gasteiger partial charge in [0, 0.05) is 32.6 Å². The van der Waals surface area contributed by atoms with Crippen LogP contribution in [0.25, 0.3) is 0 Å². The predicted octanol–water partition coefficient (Wildman–Crippen LogP) is 2.73. The number of aryl methyl sites for hydroxylation is 1. The molecule has 2 N–H and O–H groups in total. The highest BCUT2D eigenvalue weighted by atomic mass is 19.4. The Bertz CT molecular complexity index is 727. The van der Waals surface area contributed by atoms with Gasteiger partial charge >= 0.3 is 6.18 Å². The van der Waals surface area contributed by atoms with Crippen LogP contribution in [-0.4, -0.2) is 34.9 Å². The smallest absolute Gasteiger partial charge is 0.387 e. The maximum absolute atomic E-state index is 12.9. The van der Waals surface area contributed by atoms with Gasteiger partial charge in [0.1, 0.15) is 18.0 Å². The van der Waals surface area contributed by atoms with Crippen LogP contribution >= 0.6 is 0 Å². The van der Waals surface area contributed by atoms with E-state index in [0.717, 1.165) is 6.20 Å². The molecule has 0 saturated carbocycles. The fraction of sp³-hybridized carbons (Fsp3) is 0.286. The fourth-order valence-corrected chi connectivity index (χ4v) is 1.94. The van der Waals surface area contributed by atoms with E-state index >= 15 is 0 Å². The molecule has 0 unspecified atom stereocenters. The zero-order chi connectivity index (χ0) is 17.0. The van der Waals surface area contributed by atoms with Gasteiger partial charge in [0.15, 0.2) is 0 Å². The van der Waals surface area contributed by atoms with Gasteiger partial charge in [0.2, 0.25) is 0 Å². The third-order valence-electron chi connectivity index (χ3n) is 3.12. The van der Waals surface area contributed by atoms with Crippen LogP contribution in [0.1, 0.15) is 16.8 Å². The Labute approximate surface area is 130 Å². The maximum atomic E-state index is 12.9. The summed E-state index contributed by atoms with van der Waals surface area (Å²) in [6, 6.07) is 1.27. The lowest BCUT2D eigenvalue weighted by Gasteiger charge is -2.15. The van der Waals surface area contributed by atoms with Crippen molar-refractivity contribution in [1.82, 2.24) is 15.0 Å². The lowest BCUT2D eigenvalue weighted by atomic mass is 10.2. The van der Waals surface area contributed by atoms with Crippen molar-refractivity contribution in [3.63, 3.8) is 0 Å². The summed E-state index contributed by atoms with van der Waals surface area (Å²) in [5.41, 5.74) is 0.419. The number of hydrogen-bond donors (Lipinski definition) is 2. The van der Waals surface area contributed by atoms with Gasteiger partial charge in [-0.3, -0.25) is 4.99 Å². The second-order valence-electron chi connectivity index (χ2n) is 4.58. The van der Waals surface area contributed by atoms with E-state index in [-0.39, 0.29) is 11.5 Å². The van der Waals surface area contributed by atoms with E-state index in [4.69, 9.17) is 0 Å². The summed E-state index contributed by atoms with van der Waals surface area (Å²) in [5.74, 6) is 0.642. The molecule has 2 aromatic rings. The Hall–Kier alpha value is -2.71. The lowest BCUT2D eigenvalue weighted by Crippen LogP contribution is -2.18. The molecular formula is C14H15F3N6. The molecule has 0 spiro atoms. The monoisotopic (exact) mass is 324 g/mol. The van der Waals surface area contributed by atoms with Gasteiger partial charge in [-0.15, -0.1) is 0 Å². The molecular weight excluding hydrogens is 309 g/mol. The van der Waals surface area contributed by atoms with Crippen LogP contribution in [0.2, 0.25) is 0 Å². The van der Waals surface area contributed by atoms with Crippen molar-refractivity contribution >= 4 is 17.3 Å². The molecule has 0 aliphatic carbocycles. The summed E-state index contributed by atoms with van der Waals surface area (Å²) < 4.78 is 38.6. The third kappa shape index (κ3) is 3.74. The third-order valence-corrected chi connectivity index (χ3v) is 3.12. The zero-order valence-electron chi connectivity index (χ0n) is 12.7. The number of amidine groups is 1. The van der Waals surface area contributed by atoms with Crippen molar-refractivity contribution in [2.24, 2.45) is 4.99 Å². The highest BCUT2D eigenvalue weighted by molar-refractivity contribution is 6.08. The Balaban J connectivity index is 2.35. The molecule has 0 fully saturated rings. The molecule has 2 heterocycles. The van der Waals surface area contributed by atoms with Crippen LogP contribution in [-0.2, 0) is 6.18 Å². The Morgan fingerprint density at radius 2 is 1.96 bits per heavy atom. The number of hydrogen-bond acceptors (Lipinski definition) is 5. The first-order valence-corrected chi connectivity index (χ1v) is 6.62. The van der Waals surface area contributed by atoms with Gasteiger partial charge in [-0.1, -0.05) is 0 Å². The average Bonchev–Trinajstić information content (AvgIpc) is 2.52. The molecule has 23 heavy (non-hydrogen) atoms. The molecule has 0 aliphatic rings. The van der Waals surface area contributed by atoms with Crippen LogP contribution in [0.5, 0.6) is 0 Å². The van der Waals surface area contributed by atoms with Crippen LogP contribution in [0.15, 0.2) is 29.8 Å². The number of nitrogens with zero attached hydrogens (tertiary/aromatic N) is 4. The largest absolute Gasteiger partial charge is 0.419 e. The number of nitrogens with one attached hydrogen (secondary N) is 2. The van der Waals surface area contributed by atoms with Crippen LogP contribution in [0.4, 0.5) is 24.7 Å². The summed E-state index contributed by atoms with van der Waals surface area (Å²) in [4.78, 5) is 15.9. The average molecular weight is 324 g/mol. The summed E-state index contributed by atoms with van der Waals surface area (Å²) in [5, 5.41) is 5.41.